The quantitative estimate of drug-likeness (QED) is 0.436. The van der Waals surface area contributed by atoms with Crippen molar-refractivity contribution in [2.75, 3.05) is 10.9 Å². The summed E-state index contributed by atoms with van der Waals surface area (Å²) in [6.45, 7) is 1.43. The molecule has 0 amide bonds. The van der Waals surface area contributed by atoms with Gasteiger partial charge in [0.1, 0.15) is 0 Å². The van der Waals surface area contributed by atoms with Gasteiger partial charge in [0.25, 0.3) is 10.0 Å². The number of fused-ring (bicyclic) bond motifs is 1. The summed E-state index contributed by atoms with van der Waals surface area (Å²) in [5, 5.41) is 0. The predicted octanol–water partition coefficient (Wildman–Crippen LogP) is 3.20. The van der Waals surface area contributed by atoms with Crippen LogP contribution in [0.25, 0.3) is 0 Å². The molecule has 0 aliphatic carbocycles. The maximum Gasteiger partial charge on any atom is 0.338 e. The number of benzene rings is 2. The van der Waals surface area contributed by atoms with E-state index >= 15 is 0 Å². The van der Waals surface area contributed by atoms with Crippen LogP contribution in [0, 0.1) is 0 Å². The van der Waals surface area contributed by atoms with Crippen LogP contribution in [0.1, 0.15) is 33.3 Å². The molecule has 0 N–H and O–H groups in total. The zero-order chi connectivity index (χ0) is 22.2. The average Bonchev–Trinajstić information content (AvgIpc) is 3.34. The number of hydrogen-bond acceptors (Lipinski definition) is 5. The van der Waals surface area contributed by atoms with Crippen molar-refractivity contribution in [3.63, 3.8) is 0 Å². The Kier molecular flexibility index (Phi) is 5.41. The summed E-state index contributed by atoms with van der Waals surface area (Å²) in [6.07, 6.45) is 2.35. The molecule has 1 aliphatic rings. The lowest BCUT2D eigenvalue weighted by molar-refractivity contribution is 0.0472. The van der Waals surface area contributed by atoms with Gasteiger partial charge in [-0.15, -0.1) is 0 Å². The van der Waals surface area contributed by atoms with E-state index in [2.05, 4.69) is 0 Å². The van der Waals surface area contributed by atoms with Gasteiger partial charge in [-0.05, 0) is 55.3 Å². The fourth-order valence-electron chi connectivity index (χ4n) is 3.84. The fourth-order valence-corrected chi connectivity index (χ4v) is 5.58. The molecule has 1 aliphatic heterocycles. The van der Waals surface area contributed by atoms with Gasteiger partial charge in [-0.3, -0.25) is 9.10 Å². The molecule has 0 saturated heterocycles. The molecule has 160 valence electrons. The Hall–Kier alpha value is -3.39. The fraction of sp³-hybridized carbons (Fsp3) is 0.217. The monoisotopic (exact) mass is 438 g/mol. The van der Waals surface area contributed by atoms with Gasteiger partial charge in [-0.2, -0.15) is 0 Å². The zero-order valence-electron chi connectivity index (χ0n) is 17.2. The number of sulfonamides is 1. The molecule has 0 bridgehead atoms. The van der Waals surface area contributed by atoms with Crippen LogP contribution in [0.2, 0.25) is 0 Å². The summed E-state index contributed by atoms with van der Waals surface area (Å²) in [5.41, 5.74) is 2.11. The van der Waals surface area contributed by atoms with Crippen LogP contribution in [-0.2, 0) is 28.2 Å². The number of aryl methyl sites for hydroxylation is 1. The molecule has 0 fully saturated rings. The molecule has 0 radical (unpaired) electrons. The van der Waals surface area contributed by atoms with E-state index in [1.165, 1.54) is 28.6 Å². The molecule has 1 aromatic heterocycles. The number of carbonyl (C=O) groups excluding carboxylic acids is 2. The minimum absolute atomic E-state index is 0.000681. The van der Waals surface area contributed by atoms with E-state index in [0.717, 1.165) is 5.56 Å². The van der Waals surface area contributed by atoms with Crippen molar-refractivity contribution in [2.24, 2.45) is 7.05 Å². The number of anilines is 1. The van der Waals surface area contributed by atoms with Crippen LogP contribution >= 0.6 is 0 Å². The first kappa shape index (κ1) is 20.9. The second-order valence-corrected chi connectivity index (χ2v) is 9.33. The number of hydrogen-bond donors (Lipinski definition) is 0. The van der Waals surface area contributed by atoms with Crippen molar-refractivity contribution in [1.29, 1.82) is 0 Å². The Morgan fingerprint density at radius 2 is 1.84 bits per heavy atom. The Balaban J connectivity index is 1.55. The van der Waals surface area contributed by atoms with E-state index in [0.29, 0.717) is 17.8 Å². The van der Waals surface area contributed by atoms with Crippen LogP contribution in [0.3, 0.4) is 0 Å². The van der Waals surface area contributed by atoms with Gasteiger partial charge in [0.2, 0.25) is 5.78 Å². The highest BCUT2D eigenvalue weighted by Gasteiger charge is 2.36. The number of nitrogens with zero attached hydrogens (tertiary/aromatic N) is 2. The predicted molar refractivity (Wildman–Crippen MR) is 116 cm³/mol. The first-order chi connectivity index (χ1) is 14.8. The van der Waals surface area contributed by atoms with Crippen molar-refractivity contribution in [2.45, 2.75) is 24.3 Å². The number of Topliss-reactive ketones (excluding diaryl/α,β-unsaturated/α-hetero) is 1. The minimum atomic E-state index is -3.87. The number of para-hydroxylation sites is 1. The van der Waals surface area contributed by atoms with Crippen molar-refractivity contribution < 1.29 is 22.7 Å². The van der Waals surface area contributed by atoms with Gasteiger partial charge < -0.3 is 9.30 Å². The van der Waals surface area contributed by atoms with Crippen LogP contribution in [0.5, 0.6) is 0 Å². The van der Waals surface area contributed by atoms with Crippen LogP contribution < -0.4 is 4.31 Å². The lowest BCUT2D eigenvalue weighted by Gasteiger charge is -2.24. The van der Waals surface area contributed by atoms with Gasteiger partial charge in [-0.25, -0.2) is 13.2 Å². The van der Waals surface area contributed by atoms with Crippen LogP contribution in [0.15, 0.2) is 71.8 Å². The normalized spacial score (nSPS) is 15.5. The van der Waals surface area contributed by atoms with Crippen LogP contribution in [0.4, 0.5) is 5.69 Å². The third-order valence-electron chi connectivity index (χ3n) is 5.34. The van der Waals surface area contributed by atoms with E-state index in [9.17, 15) is 18.0 Å². The smallest absolute Gasteiger partial charge is 0.338 e. The van der Waals surface area contributed by atoms with Gasteiger partial charge in [0.05, 0.1) is 21.8 Å². The molecule has 1 atom stereocenters. The molecule has 7 nitrogen and oxygen atoms in total. The number of esters is 1. The Morgan fingerprint density at radius 3 is 2.58 bits per heavy atom. The van der Waals surface area contributed by atoms with Crippen molar-refractivity contribution >= 4 is 27.5 Å². The van der Waals surface area contributed by atoms with Crippen molar-refractivity contribution in [3.8, 4) is 0 Å². The first-order valence-electron chi connectivity index (χ1n) is 9.83. The number of rotatable bonds is 6. The van der Waals surface area contributed by atoms with Crippen molar-refractivity contribution in [1.82, 2.24) is 4.57 Å². The zero-order valence-corrected chi connectivity index (χ0v) is 18.0. The first-order valence-corrected chi connectivity index (χ1v) is 11.3. The van der Waals surface area contributed by atoms with E-state index in [4.69, 9.17) is 4.74 Å². The third-order valence-corrected chi connectivity index (χ3v) is 7.26. The molecule has 4 rings (SSSR count). The Morgan fingerprint density at radius 1 is 1.06 bits per heavy atom. The lowest BCUT2D eigenvalue weighted by atomic mass is 10.1. The summed E-state index contributed by atoms with van der Waals surface area (Å²) in [7, 11) is -2.15. The largest absolute Gasteiger partial charge is 0.454 e. The molecule has 1 unspecified atom stereocenters. The summed E-state index contributed by atoms with van der Waals surface area (Å²) in [4.78, 5) is 24.7. The number of aromatic nitrogens is 1. The van der Waals surface area contributed by atoms with E-state index < -0.39 is 22.6 Å². The molecule has 31 heavy (non-hydrogen) atoms. The number of ketones is 1. The molecule has 0 saturated carbocycles. The standard InChI is InChI=1S/C23H22N2O5S/c1-16-13-17-7-3-4-10-20(17)25(16)31(28,29)19-9-5-8-18(14-19)23(27)30-15-22(26)21-11-6-12-24(21)2/h3-12,14,16H,13,15H2,1-2H3. The van der Waals surface area contributed by atoms with Gasteiger partial charge in [0, 0.05) is 19.3 Å². The summed E-state index contributed by atoms with van der Waals surface area (Å²) in [6, 6.07) is 16.2. The van der Waals surface area contributed by atoms with E-state index in [-0.39, 0.29) is 22.3 Å². The molecular weight excluding hydrogens is 416 g/mol. The van der Waals surface area contributed by atoms with Gasteiger partial charge in [-0.1, -0.05) is 24.3 Å². The highest BCUT2D eigenvalue weighted by molar-refractivity contribution is 7.92. The highest BCUT2D eigenvalue weighted by atomic mass is 32.2. The second kappa shape index (κ2) is 8.03. The SMILES string of the molecule is CC1Cc2ccccc2N1S(=O)(=O)c1cccc(C(=O)OCC(=O)c2cccn2C)c1. The molecular formula is C23H22N2O5S. The van der Waals surface area contributed by atoms with E-state index in [1.807, 2.05) is 19.1 Å². The third kappa shape index (κ3) is 3.86. The second-order valence-electron chi connectivity index (χ2n) is 7.51. The minimum Gasteiger partial charge on any atom is -0.454 e. The summed E-state index contributed by atoms with van der Waals surface area (Å²) >= 11 is 0. The van der Waals surface area contributed by atoms with Crippen LogP contribution in [-0.4, -0.2) is 37.4 Å². The number of carbonyl (C=O) groups is 2. The van der Waals surface area contributed by atoms with Gasteiger partial charge in [0.15, 0.2) is 6.61 Å². The summed E-state index contributed by atoms with van der Waals surface area (Å²) in [5.74, 6) is -1.10. The highest BCUT2D eigenvalue weighted by Crippen LogP contribution is 2.36. The molecule has 3 aromatic rings. The maximum absolute atomic E-state index is 13.4. The Bertz CT molecular complexity index is 1260. The van der Waals surface area contributed by atoms with Gasteiger partial charge >= 0.3 is 5.97 Å². The molecule has 2 heterocycles. The lowest BCUT2D eigenvalue weighted by Crippen LogP contribution is -2.35. The summed E-state index contributed by atoms with van der Waals surface area (Å²) < 4.78 is 34.9. The topological polar surface area (TPSA) is 85.7 Å². The maximum atomic E-state index is 13.4. The molecule has 2 aromatic carbocycles. The average molecular weight is 439 g/mol. The number of ether oxygens (including phenoxy) is 1. The molecule has 8 heteroatoms. The molecule has 0 spiro atoms. The van der Waals surface area contributed by atoms with Crippen molar-refractivity contribution in [3.05, 3.63) is 83.7 Å². The Labute approximate surface area is 180 Å². The van der Waals surface area contributed by atoms with E-state index in [1.54, 1.807) is 42.1 Å².